The molecule has 0 aliphatic rings. The number of hydrazine groups is 1. The summed E-state index contributed by atoms with van der Waals surface area (Å²) in [6.07, 6.45) is 0. The third-order valence-corrected chi connectivity index (χ3v) is 2.95. The molecule has 0 aromatic heterocycles. The predicted octanol–water partition coefficient (Wildman–Crippen LogP) is 1.83. The zero-order chi connectivity index (χ0) is 15.4. The van der Waals surface area contributed by atoms with Gasteiger partial charge in [-0.2, -0.15) is 0 Å². The van der Waals surface area contributed by atoms with E-state index < -0.39 is 11.8 Å². The molecule has 0 atom stereocenters. The third-order valence-electron chi connectivity index (χ3n) is 2.65. The summed E-state index contributed by atoms with van der Waals surface area (Å²) in [6.45, 7) is 0. The van der Waals surface area contributed by atoms with Gasteiger partial charge in [0.1, 0.15) is 11.5 Å². The summed E-state index contributed by atoms with van der Waals surface area (Å²) in [5, 5.41) is 18.8. The Bertz CT molecular complexity index is 703. The Labute approximate surface area is 125 Å². The second kappa shape index (κ2) is 6.15. The minimum atomic E-state index is -0.661. The van der Waals surface area contributed by atoms with Gasteiger partial charge in [-0.1, -0.05) is 23.7 Å². The van der Waals surface area contributed by atoms with Gasteiger partial charge in [0.25, 0.3) is 11.8 Å². The molecule has 0 bridgehead atoms. The molecule has 0 radical (unpaired) electrons. The monoisotopic (exact) mass is 306 g/mol. The lowest BCUT2D eigenvalue weighted by Gasteiger charge is -2.08. The number of amides is 2. The summed E-state index contributed by atoms with van der Waals surface area (Å²) in [5.41, 5.74) is 4.54. The summed E-state index contributed by atoms with van der Waals surface area (Å²) in [7, 11) is 0. The number of carbonyl (C=O) groups is 2. The number of para-hydroxylation sites is 1. The summed E-state index contributed by atoms with van der Waals surface area (Å²) in [6, 6.07) is 9.80. The van der Waals surface area contributed by atoms with E-state index in [2.05, 4.69) is 10.9 Å². The third kappa shape index (κ3) is 3.43. The molecule has 0 aliphatic carbocycles. The van der Waals surface area contributed by atoms with Crippen molar-refractivity contribution < 1.29 is 19.8 Å². The van der Waals surface area contributed by atoms with E-state index in [1.807, 2.05) is 0 Å². The Morgan fingerprint density at radius 1 is 0.905 bits per heavy atom. The van der Waals surface area contributed by atoms with E-state index in [4.69, 9.17) is 11.6 Å². The smallest absolute Gasteiger partial charge is 0.273 e. The van der Waals surface area contributed by atoms with E-state index in [-0.39, 0.29) is 27.6 Å². The van der Waals surface area contributed by atoms with Gasteiger partial charge in [0.15, 0.2) is 0 Å². The molecule has 6 nitrogen and oxygen atoms in total. The Balaban J connectivity index is 2.02. The number of aromatic hydroxyl groups is 2. The molecule has 7 heteroatoms. The Morgan fingerprint density at radius 3 is 2.24 bits per heavy atom. The molecule has 0 heterocycles. The first kappa shape index (κ1) is 14.7. The highest BCUT2D eigenvalue weighted by Gasteiger charge is 2.12. The molecule has 2 amide bonds. The van der Waals surface area contributed by atoms with Gasteiger partial charge in [-0.25, -0.2) is 0 Å². The largest absolute Gasteiger partial charge is 0.507 e. The Hall–Kier alpha value is -2.73. The van der Waals surface area contributed by atoms with Crippen molar-refractivity contribution in [3.8, 4) is 11.5 Å². The molecule has 0 fully saturated rings. The number of phenolic OH excluding ortho intramolecular Hbond substituents is 2. The average Bonchev–Trinajstić information content (AvgIpc) is 2.47. The maximum Gasteiger partial charge on any atom is 0.273 e. The maximum absolute atomic E-state index is 11.8. The van der Waals surface area contributed by atoms with Crippen LogP contribution < -0.4 is 10.9 Å². The summed E-state index contributed by atoms with van der Waals surface area (Å²) in [4.78, 5) is 23.6. The first-order valence-corrected chi connectivity index (χ1v) is 6.24. The first-order chi connectivity index (χ1) is 9.99. The van der Waals surface area contributed by atoms with E-state index in [0.717, 1.165) is 0 Å². The van der Waals surface area contributed by atoms with Crippen LogP contribution in [0.15, 0.2) is 42.5 Å². The molecule has 4 N–H and O–H groups in total. The second-order valence-corrected chi connectivity index (χ2v) is 4.50. The van der Waals surface area contributed by atoms with Crippen LogP contribution in [0.4, 0.5) is 0 Å². The van der Waals surface area contributed by atoms with E-state index in [1.54, 1.807) is 12.1 Å². The second-order valence-electron chi connectivity index (χ2n) is 4.09. The molecule has 0 saturated carbocycles. The number of carbonyl (C=O) groups excluding carboxylic acids is 2. The highest BCUT2D eigenvalue weighted by atomic mass is 35.5. The SMILES string of the molecule is O=C(NNC(=O)c1ccccc1O)c1ccc(O)c(Cl)c1. The van der Waals surface area contributed by atoms with Gasteiger partial charge >= 0.3 is 0 Å². The molecular formula is C14H11ClN2O4. The van der Waals surface area contributed by atoms with Crippen molar-refractivity contribution >= 4 is 23.4 Å². The van der Waals surface area contributed by atoms with Crippen molar-refractivity contribution in [2.75, 3.05) is 0 Å². The molecule has 2 rings (SSSR count). The van der Waals surface area contributed by atoms with Crippen molar-refractivity contribution in [1.82, 2.24) is 10.9 Å². The van der Waals surface area contributed by atoms with Crippen LogP contribution in [0.1, 0.15) is 20.7 Å². The minimum absolute atomic E-state index is 0.0229. The zero-order valence-corrected chi connectivity index (χ0v) is 11.4. The van der Waals surface area contributed by atoms with Crippen molar-refractivity contribution in [2.45, 2.75) is 0 Å². The lowest BCUT2D eigenvalue weighted by Crippen LogP contribution is -2.41. The number of nitrogens with one attached hydrogen (secondary N) is 2. The van der Waals surface area contributed by atoms with Gasteiger partial charge in [-0.05, 0) is 30.3 Å². The number of benzene rings is 2. The van der Waals surface area contributed by atoms with Crippen LogP contribution in [0.3, 0.4) is 0 Å². The molecule has 0 spiro atoms. The van der Waals surface area contributed by atoms with Crippen LogP contribution in [-0.4, -0.2) is 22.0 Å². The van der Waals surface area contributed by atoms with Crippen LogP contribution in [-0.2, 0) is 0 Å². The highest BCUT2D eigenvalue weighted by Crippen LogP contribution is 2.23. The lowest BCUT2D eigenvalue weighted by molar-refractivity contribution is 0.0845. The molecule has 2 aromatic rings. The number of hydrogen-bond donors (Lipinski definition) is 4. The molecule has 21 heavy (non-hydrogen) atoms. The van der Waals surface area contributed by atoms with Crippen molar-refractivity contribution in [3.63, 3.8) is 0 Å². The number of hydrogen-bond acceptors (Lipinski definition) is 4. The lowest BCUT2D eigenvalue weighted by atomic mass is 10.2. The highest BCUT2D eigenvalue weighted by molar-refractivity contribution is 6.32. The fourth-order valence-electron chi connectivity index (χ4n) is 1.57. The van der Waals surface area contributed by atoms with Crippen molar-refractivity contribution in [3.05, 3.63) is 58.6 Å². The van der Waals surface area contributed by atoms with E-state index in [0.29, 0.717) is 0 Å². The van der Waals surface area contributed by atoms with Gasteiger partial charge < -0.3 is 10.2 Å². The predicted molar refractivity (Wildman–Crippen MR) is 76.2 cm³/mol. The van der Waals surface area contributed by atoms with E-state index in [1.165, 1.54) is 30.3 Å². The summed E-state index contributed by atoms with van der Waals surface area (Å²) < 4.78 is 0. The fourth-order valence-corrected chi connectivity index (χ4v) is 1.75. The molecule has 0 saturated heterocycles. The van der Waals surface area contributed by atoms with Crippen LogP contribution >= 0.6 is 11.6 Å². The molecule has 108 valence electrons. The Morgan fingerprint density at radius 2 is 1.57 bits per heavy atom. The maximum atomic E-state index is 11.8. The molecule has 0 unspecified atom stereocenters. The van der Waals surface area contributed by atoms with Crippen LogP contribution in [0.5, 0.6) is 11.5 Å². The van der Waals surface area contributed by atoms with Crippen LogP contribution in [0.25, 0.3) is 0 Å². The van der Waals surface area contributed by atoms with Crippen molar-refractivity contribution in [1.29, 1.82) is 0 Å². The van der Waals surface area contributed by atoms with Crippen LogP contribution in [0.2, 0.25) is 5.02 Å². The fraction of sp³-hybridized carbons (Fsp3) is 0. The number of halogens is 1. The number of rotatable bonds is 2. The zero-order valence-electron chi connectivity index (χ0n) is 10.6. The topological polar surface area (TPSA) is 98.7 Å². The van der Waals surface area contributed by atoms with E-state index in [9.17, 15) is 19.8 Å². The van der Waals surface area contributed by atoms with Gasteiger partial charge in [-0.15, -0.1) is 0 Å². The average molecular weight is 307 g/mol. The normalized spacial score (nSPS) is 9.95. The molecule has 2 aromatic carbocycles. The summed E-state index contributed by atoms with van der Waals surface area (Å²) in [5.74, 6) is -1.62. The number of phenols is 2. The van der Waals surface area contributed by atoms with Gasteiger partial charge in [-0.3, -0.25) is 20.4 Å². The van der Waals surface area contributed by atoms with Gasteiger partial charge in [0.05, 0.1) is 10.6 Å². The van der Waals surface area contributed by atoms with Gasteiger partial charge in [0, 0.05) is 5.56 Å². The summed E-state index contributed by atoms with van der Waals surface area (Å²) >= 11 is 5.69. The Kier molecular flexibility index (Phi) is 4.30. The molecular weight excluding hydrogens is 296 g/mol. The molecule has 0 aliphatic heterocycles. The standard InChI is InChI=1S/C14H11ClN2O4/c15-10-7-8(5-6-12(10)19)13(20)16-17-14(21)9-3-1-2-4-11(9)18/h1-7,18-19H,(H,16,20)(H,17,21). The quantitative estimate of drug-likeness (QED) is 0.636. The first-order valence-electron chi connectivity index (χ1n) is 5.86. The minimum Gasteiger partial charge on any atom is -0.507 e. The van der Waals surface area contributed by atoms with Gasteiger partial charge in [0.2, 0.25) is 0 Å². The van der Waals surface area contributed by atoms with Crippen LogP contribution in [0, 0.1) is 0 Å². The van der Waals surface area contributed by atoms with E-state index >= 15 is 0 Å². The van der Waals surface area contributed by atoms with Crippen molar-refractivity contribution in [2.24, 2.45) is 0 Å².